The van der Waals surface area contributed by atoms with Crippen LogP contribution in [0.4, 0.5) is 13.2 Å². The average molecular weight is 429 g/mol. The highest BCUT2D eigenvalue weighted by molar-refractivity contribution is 6.40. The van der Waals surface area contributed by atoms with Gasteiger partial charge in [0, 0.05) is 19.0 Å². The third kappa shape index (κ3) is 8.63. The maximum absolute atomic E-state index is 11.5. The van der Waals surface area contributed by atoms with Crippen molar-refractivity contribution in [2.75, 3.05) is 19.6 Å². The van der Waals surface area contributed by atoms with Crippen LogP contribution in [0.25, 0.3) is 0 Å². The van der Waals surface area contributed by atoms with Gasteiger partial charge in [0.2, 0.25) is 0 Å². The van der Waals surface area contributed by atoms with Gasteiger partial charge in [0.25, 0.3) is 5.91 Å². The molecule has 0 unspecified atom stereocenters. The second-order valence-corrected chi connectivity index (χ2v) is 6.21. The Morgan fingerprint density at radius 2 is 1.76 bits per heavy atom. The summed E-state index contributed by atoms with van der Waals surface area (Å²) in [7, 11) is -1.44. The van der Waals surface area contributed by atoms with E-state index >= 15 is 0 Å². The van der Waals surface area contributed by atoms with Crippen molar-refractivity contribution in [1.29, 1.82) is 0 Å². The lowest BCUT2D eigenvalue weighted by atomic mass is 9.78. The highest BCUT2D eigenvalue weighted by atomic mass is 19.4. The summed E-state index contributed by atoms with van der Waals surface area (Å²) in [5, 5.41) is 34.2. The maximum atomic E-state index is 11.5. The molecule has 16 heteroatoms. The summed E-state index contributed by atoms with van der Waals surface area (Å²) in [5.74, 6) is -5.11. The first kappa shape index (κ1) is 26.6. The van der Waals surface area contributed by atoms with Gasteiger partial charge < -0.3 is 42.4 Å². The highest BCUT2D eigenvalue weighted by Gasteiger charge is 2.49. The molecule has 1 saturated heterocycles. The number of amides is 1. The number of aliphatic carboxylic acids is 2. The van der Waals surface area contributed by atoms with Gasteiger partial charge in [0.05, 0.1) is 6.54 Å². The third-order valence-electron chi connectivity index (χ3n) is 4.02. The van der Waals surface area contributed by atoms with Crippen LogP contribution in [0.3, 0.4) is 0 Å². The summed E-state index contributed by atoms with van der Waals surface area (Å²) < 4.78 is 31.7. The van der Waals surface area contributed by atoms with Crippen molar-refractivity contribution in [3.05, 3.63) is 0 Å². The smallest absolute Gasteiger partial charge is 0.480 e. The zero-order valence-corrected chi connectivity index (χ0v) is 15.2. The average Bonchev–Trinajstić information content (AvgIpc) is 2.92. The molecule has 1 rings (SSSR count). The van der Waals surface area contributed by atoms with E-state index in [2.05, 4.69) is 4.99 Å². The van der Waals surface area contributed by atoms with Crippen LogP contribution in [0.1, 0.15) is 12.8 Å². The second kappa shape index (κ2) is 10.9. The van der Waals surface area contributed by atoms with Crippen LogP contribution in [0.5, 0.6) is 0 Å². The van der Waals surface area contributed by atoms with Gasteiger partial charge >= 0.3 is 25.2 Å². The summed E-state index contributed by atoms with van der Waals surface area (Å²) in [4.78, 5) is 36.5. The number of nitrogens with zero attached hydrogens (tertiary/aromatic N) is 2. The summed E-state index contributed by atoms with van der Waals surface area (Å²) >= 11 is 0. The number of carboxylic acids is 2. The minimum Gasteiger partial charge on any atom is -0.480 e. The predicted molar refractivity (Wildman–Crippen MR) is 93.2 cm³/mol. The van der Waals surface area contributed by atoms with Crippen molar-refractivity contribution in [1.82, 2.24) is 4.90 Å². The summed E-state index contributed by atoms with van der Waals surface area (Å²) in [6.07, 6.45) is -4.17. The number of likely N-dealkylation sites (tertiary alicyclic amines) is 1. The Morgan fingerprint density at radius 3 is 2.14 bits per heavy atom. The lowest BCUT2D eigenvalue weighted by molar-refractivity contribution is -0.192. The van der Waals surface area contributed by atoms with E-state index in [9.17, 15) is 27.9 Å². The van der Waals surface area contributed by atoms with Crippen LogP contribution in [0, 0.1) is 5.92 Å². The molecule has 0 spiro atoms. The van der Waals surface area contributed by atoms with E-state index in [1.54, 1.807) is 0 Å². The Labute approximate surface area is 163 Å². The molecule has 1 amide bonds. The number of guanidine groups is 1. The predicted octanol–water partition coefficient (Wildman–Crippen LogP) is -2.61. The minimum absolute atomic E-state index is 0.0815. The molecule has 2 atom stereocenters. The molecule has 0 saturated carbocycles. The molecule has 1 aliphatic rings. The van der Waals surface area contributed by atoms with Crippen LogP contribution < -0.4 is 17.2 Å². The first-order valence-electron chi connectivity index (χ1n) is 8.15. The molecule has 0 aromatic heterocycles. The molecule has 0 aromatic rings. The third-order valence-corrected chi connectivity index (χ3v) is 4.02. The zero-order valence-electron chi connectivity index (χ0n) is 15.2. The maximum Gasteiger partial charge on any atom is 0.490 e. The van der Waals surface area contributed by atoms with Crippen molar-refractivity contribution >= 4 is 30.9 Å². The Morgan fingerprint density at radius 1 is 1.24 bits per heavy atom. The van der Waals surface area contributed by atoms with Crippen LogP contribution in [0.15, 0.2) is 4.99 Å². The first-order chi connectivity index (χ1) is 13.1. The normalized spacial score (nSPS) is 22.0. The fraction of sp³-hybridized carbons (Fsp3) is 0.692. The van der Waals surface area contributed by atoms with Crippen molar-refractivity contribution in [2.24, 2.45) is 28.1 Å². The number of aliphatic imine (C=N–C) groups is 1. The number of carbonyl (C=O) groups excluding carboxylic acids is 1. The highest BCUT2D eigenvalue weighted by Crippen LogP contribution is 2.30. The fourth-order valence-corrected chi connectivity index (χ4v) is 2.49. The Balaban J connectivity index is 0.000000956. The van der Waals surface area contributed by atoms with Crippen LogP contribution in [0.2, 0.25) is 6.32 Å². The SMILES string of the molecule is NCC(=O)N=C(N)N1C[C@@H](CCCB(O)O)[C@@](N)(C(=O)O)C1.O=C(O)C(F)(F)F. The molecule has 29 heavy (non-hydrogen) atoms. The van der Waals surface area contributed by atoms with Crippen LogP contribution in [-0.2, 0) is 14.4 Å². The Hall–Kier alpha value is -2.43. The largest absolute Gasteiger partial charge is 0.490 e. The lowest BCUT2D eigenvalue weighted by Gasteiger charge is -2.25. The Bertz CT molecular complexity index is 634. The molecule has 166 valence electrons. The standard InChI is InChI=1S/C11H22BN5O5.C2HF3O2/c13-4-8(18)16-10(14)17-5-7(2-1-3-12(21)22)11(15,6-17)9(19)20;3-2(4,5)1(6)7/h7,21-22H,1-6,13,15H2,(H,19,20)(H2,14,16,18);(H,6,7)/t7-,11-;/m1./s1. The van der Waals surface area contributed by atoms with Gasteiger partial charge in [0.15, 0.2) is 5.96 Å². The van der Waals surface area contributed by atoms with Crippen molar-refractivity contribution in [3.8, 4) is 0 Å². The zero-order chi connectivity index (χ0) is 23.0. The van der Waals surface area contributed by atoms with Gasteiger partial charge in [-0.1, -0.05) is 6.42 Å². The van der Waals surface area contributed by atoms with Crippen molar-refractivity contribution < 1.29 is 47.8 Å². The molecule has 1 fully saturated rings. The summed E-state index contributed by atoms with van der Waals surface area (Å²) in [6, 6.07) is 0. The van der Waals surface area contributed by atoms with Crippen LogP contribution >= 0.6 is 0 Å². The summed E-state index contributed by atoms with van der Waals surface area (Å²) in [5.41, 5.74) is 15.3. The Kier molecular flexibility index (Phi) is 10.0. The van der Waals surface area contributed by atoms with E-state index in [4.69, 9.17) is 37.2 Å². The molecule has 0 radical (unpaired) electrons. The van der Waals surface area contributed by atoms with Crippen molar-refractivity contribution in [2.45, 2.75) is 30.9 Å². The first-order valence-corrected chi connectivity index (χ1v) is 8.15. The van der Waals surface area contributed by atoms with E-state index in [0.29, 0.717) is 12.8 Å². The molecule has 1 aliphatic heterocycles. The lowest BCUT2D eigenvalue weighted by Crippen LogP contribution is -2.55. The van der Waals surface area contributed by atoms with E-state index < -0.39 is 42.6 Å². The molecule has 12 nitrogen and oxygen atoms in total. The molecular weight excluding hydrogens is 406 g/mol. The second-order valence-electron chi connectivity index (χ2n) is 6.21. The molecule has 1 heterocycles. The molecule has 10 N–H and O–H groups in total. The van der Waals surface area contributed by atoms with E-state index in [0.717, 1.165) is 0 Å². The number of carboxylic acid groups (broad SMARTS) is 2. The van der Waals surface area contributed by atoms with Crippen molar-refractivity contribution in [3.63, 3.8) is 0 Å². The van der Waals surface area contributed by atoms with Gasteiger partial charge in [-0.15, -0.1) is 0 Å². The van der Waals surface area contributed by atoms with Gasteiger partial charge in [0.1, 0.15) is 5.54 Å². The number of alkyl halides is 3. The summed E-state index contributed by atoms with van der Waals surface area (Å²) in [6.45, 7) is -0.154. The van der Waals surface area contributed by atoms with E-state index in [1.807, 2.05) is 0 Å². The fourth-order valence-electron chi connectivity index (χ4n) is 2.49. The quantitative estimate of drug-likeness (QED) is 0.131. The molecular formula is C13H23BF3N5O7. The van der Waals surface area contributed by atoms with Gasteiger partial charge in [-0.25, -0.2) is 4.79 Å². The molecule has 0 aliphatic carbocycles. The molecule has 0 bridgehead atoms. The van der Waals surface area contributed by atoms with Gasteiger partial charge in [-0.3, -0.25) is 9.59 Å². The van der Waals surface area contributed by atoms with Crippen LogP contribution in [-0.4, -0.2) is 87.4 Å². The monoisotopic (exact) mass is 429 g/mol. The number of hydrogen-bond donors (Lipinski definition) is 7. The van der Waals surface area contributed by atoms with E-state index in [1.165, 1.54) is 4.90 Å². The van der Waals surface area contributed by atoms with E-state index in [-0.39, 0.29) is 31.9 Å². The molecule has 0 aromatic carbocycles. The van der Waals surface area contributed by atoms with Gasteiger partial charge in [-0.05, 0) is 12.7 Å². The topological polar surface area (TPSA) is 226 Å². The number of nitrogens with two attached hydrogens (primary N) is 3. The number of halogens is 3. The number of carbonyl (C=O) groups is 3. The van der Waals surface area contributed by atoms with Gasteiger partial charge in [-0.2, -0.15) is 18.2 Å². The number of hydrogen-bond acceptors (Lipinski definition) is 7. The number of rotatable bonds is 6. The minimum atomic E-state index is -5.08.